The first-order valence-electron chi connectivity index (χ1n) is 12.2. The van der Waals surface area contributed by atoms with Crippen molar-refractivity contribution in [3.05, 3.63) is 0 Å². The third-order valence-electron chi connectivity index (χ3n) is 8.12. The summed E-state index contributed by atoms with van der Waals surface area (Å²) in [6.07, 6.45) is 2.14. The van der Waals surface area contributed by atoms with Crippen LogP contribution >= 0.6 is 11.6 Å². The fourth-order valence-electron chi connectivity index (χ4n) is 5.77. The van der Waals surface area contributed by atoms with Gasteiger partial charge in [0, 0.05) is 24.4 Å². The molecule has 4 aliphatic carbocycles. The van der Waals surface area contributed by atoms with Crippen molar-refractivity contribution in [3.8, 4) is 0 Å². The number of hydroxylamine groups is 1. The van der Waals surface area contributed by atoms with E-state index < -0.39 is 34.8 Å². The molecule has 6 atom stereocenters. The highest BCUT2D eigenvalue weighted by atomic mass is 35.5. The molecule has 0 spiro atoms. The molecule has 10 heteroatoms. The fraction of sp³-hybridized carbons (Fsp3) is 0.913. The summed E-state index contributed by atoms with van der Waals surface area (Å²) >= 11 is 5.91. The van der Waals surface area contributed by atoms with E-state index in [0.29, 0.717) is 57.3 Å². The van der Waals surface area contributed by atoms with Gasteiger partial charge in [0.15, 0.2) is 6.10 Å². The third-order valence-corrected chi connectivity index (χ3v) is 8.61. The van der Waals surface area contributed by atoms with E-state index in [1.54, 1.807) is 0 Å². The number of rotatable bonds is 7. The number of alkyl halides is 2. The van der Waals surface area contributed by atoms with Gasteiger partial charge in [0.05, 0.1) is 23.1 Å². The number of aliphatic hydroxyl groups excluding tert-OH is 1. The monoisotopic (exact) mass is 489 g/mol. The summed E-state index contributed by atoms with van der Waals surface area (Å²) in [5.41, 5.74) is 1.76. The van der Waals surface area contributed by atoms with Gasteiger partial charge in [0.25, 0.3) is 5.91 Å². The zero-order chi connectivity index (χ0) is 23.8. The van der Waals surface area contributed by atoms with Gasteiger partial charge in [-0.1, -0.05) is 13.8 Å². The maximum atomic E-state index is 13.8. The molecular formula is C23H37ClFN3O5. The van der Waals surface area contributed by atoms with Gasteiger partial charge in [0.1, 0.15) is 12.8 Å². The largest absolute Gasteiger partial charge is 0.391 e. The van der Waals surface area contributed by atoms with Crippen molar-refractivity contribution in [3.63, 3.8) is 0 Å². The van der Waals surface area contributed by atoms with Crippen LogP contribution in [0.4, 0.5) is 4.39 Å². The average molecular weight is 490 g/mol. The summed E-state index contributed by atoms with van der Waals surface area (Å²) in [5.74, 6) is -0.0855. The number of amides is 2. The second-order valence-electron chi connectivity index (χ2n) is 10.8. The maximum Gasteiger partial charge on any atom is 0.251 e. The van der Waals surface area contributed by atoms with E-state index in [9.17, 15) is 19.1 Å². The molecule has 0 aromatic carbocycles. The van der Waals surface area contributed by atoms with Crippen LogP contribution in [0.15, 0.2) is 0 Å². The van der Waals surface area contributed by atoms with Crippen molar-refractivity contribution < 1.29 is 28.7 Å². The molecule has 8 nitrogen and oxygen atoms in total. The lowest BCUT2D eigenvalue weighted by Gasteiger charge is -2.56. The highest BCUT2D eigenvalue weighted by molar-refractivity contribution is 6.21. The number of fused-ring (bicyclic) bond motifs is 3. The Morgan fingerprint density at radius 3 is 2.55 bits per heavy atom. The van der Waals surface area contributed by atoms with Crippen LogP contribution in [0.1, 0.15) is 71.6 Å². The first-order chi connectivity index (χ1) is 15.6. The normalized spacial score (nSPS) is 43.0. The number of hydrogen-bond acceptors (Lipinski definition) is 6. The highest BCUT2D eigenvalue weighted by Gasteiger charge is 2.55. The van der Waals surface area contributed by atoms with Gasteiger partial charge in [-0.3, -0.25) is 14.4 Å². The van der Waals surface area contributed by atoms with Crippen molar-refractivity contribution in [1.82, 2.24) is 16.1 Å². The number of hydrogen-bond donors (Lipinski definition) is 4. The first kappa shape index (κ1) is 25.1. The molecule has 188 valence electrons. The van der Waals surface area contributed by atoms with E-state index in [4.69, 9.17) is 21.2 Å². The Morgan fingerprint density at radius 1 is 1.21 bits per heavy atom. The summed E-state index contributed by atoms with van der Waals surface area (Å²) < 4.78 is 19.4. The Morgan fingerprint density at radius 2 is 1.94 bits per heavy atom. The van der Waals surface area contributed by atoms with Crippen LogP contribution in [0.2, 0.25) is 0 Å². The number of ether oxygens (including phenoxy) is 1. The van der Waals surface area contributed by atoms with Crippen LogP contribution < -0.4 is 16.1 Å². The Labute approximate surface area is 199 Å². The Balaban J connectivity index is 1.26. The minimum Gasteiger partial charge on any atom is -0.391 e. The molecule has 0 radical (unpaired) electrons. The molecule has 1 saturated heterocycles. The molecular weight excluding hydrogens is 453 g/mol. The molecule has 4 saturated carbocycles. The molecule has 2 bridgehead atoms. The number of carbonyl (C=O) groups excluding carboxylic acids is 2. The number of halogens is 2. The minimum atomic E-state index is -1.12. The number of carbonyl (C=O) groups is 2. The first-order valence-corrected chi connectivity index (χ1v) is 12.7. The Bertz CT molecular complexity index is 733. The smallest absolute Gasteiger partial charge is 0.251 e. The maximum absolute atomic E-state index is 13.8. The van der Waals surface area contributed by atoms with Crippen LogP contribution in [-0.2, 0) is 19.2 Å². The van der Waals surface area contributed by atoms with Gasteiger partial charge in [-0.2, -0.15) is 5.48 Å². The van der Waals surface area contributed by atoms with Crippen molar-refractivity contribution in [2.75, 3.05) is 6.61 Å². The van der Waals surface area contributed by atoms with E-state index >= 15 is 0 Å². The van der Waals surface area contributed by atoms with Crippen molar-refractivity contribution in [1.29, 1.82) is 0 Å². The summed E-state index contributed by atoms with van der Waals surface area (Å²) in [7, 11) is 0. The molecule has 5 aliphatic rings. The predicted molar refractivity (Wildman–Crippen MR) is 120 cm³/mol. The van der Waals surface area contributed by atoms with Gasteiger partial charge in [-0.05, 0) is 50.9 Å². The van der Waals surface area contributed by atoms with Gasteiger partial charge in [0.2, 0.25) is 5.91 Å². The molecule has 2 amide bonds. The summed E-state index contributed by atoms with van der Waals surface area (Å²) in [6, 6.07) is 0.146. The zero-order valence-corrected chi connectivity index (χ0v) is 20.2. The lowest BCUT2D eigenvalue weighted by Crippen LogP contribution is -2.70. The number of aliphatic hydroxyl groups is 1. The second-order valence-corrected chi connectivity index (χ2v) is 11.3. The van der Waals surface area contributed by atoms with E-state index in [1.165, 1.54) is 0 Å². The molecule has 0 aromatic heterocycles. The van der Waals surface area contributed by atoms with E-state index in [2.05, 4.69) is 30.0 Å². The van der Waals surface area contributed by atoms with Crippen LogP contribution in [0.25, 0.3) is 0 Å². The summed E-state index contributed by atoms with van der Waals surface area (Å²) in [5, 5.41) is 16.6. The molecule has 5 rings (SSSR count). The van der Waals surface area contributed by atoms with Crippen LogP contribution in [0.3, 0.4) is 0 Å². The standard InChI is InChI=1S/C23H37ClFN3O5/c1-13(2)17-10-18(33-28-17)21(31)27-22-5-7-23(8-6-22,19(29)11-22)26-20(30)12-32-14-3-4-15(24)16(25)9-14/h13-19,28-29H,3-12H2,1-2H3,(H,26,30)(H,27,31). The molecule has 1 heterocycles. The summed E-state index contributed by atoms with van der Waals surface area (Å²) in [6.45, 7) is 4.00. The minimum absolute atomic E-state index is 0.146. The molecule has 4 N–H and O–H groups in total. The Kier molecular flexibility index (Phi) is 7.56. The molecule has 1 aliphatic heterocycles. The van der Waals surface area contributed by atoms with Crippen LogP contribution in [0.5, 0.6) is 0 Å². The highest BCUT2D eigenvalue weighted by Crippen LogP contribution is 2.47. The van der Waals surface area contributed by atoms with Gasteiger partial charge in [-0.25, -0.2) is 4.39 Å². The molecule has 6 unspecified atom stereocenters. The van der Waals surface area contributed by atoms with E-state index in [0.717, 1.165) is 0 Å². The lowest BCUT2D eigenvalue weighted by molar-refractivity contribution is -0.144. The quantitative estimate of drug-likeness (QED) is 0.406. The summed E-state index contributed by atoms with van der Waals surface area (Å²) in [4.78, 5) is 30.9. The molecule has 5 fully saturated rings. The van der Waals surface area contributed by atoms with Crippen LogP contribution in [0, 0.1) is 5.92 Å². The van der Waals surface area contributed by atoms with Gasteiger partial charge in [-0.15, -0.1) is 11.6 Å². The average Bonchev–Trinajstić information content (AvgIpc) is 3.27. The van der Waals surface area contributed by atoms with Crippen molar-refractivity contribution >= 4 is 23.4 Å². The second kappa shape index (κ2) is 9.93. The van der Waals surface area contributed by atoms with Crippen molar-refractivity contribution in [2.45, 2.75) is 119 Å². The van der Waals surface area contributed by atoms with Gasteiger partial charge < -0.3 is 20.5 Å². The van der Waals surface area contributed by atoms with E-state index in [1.807, 2.05) is 0 Å². The topological polar surface area (TPSA) is 109 Å². The number of nitrogens with one attached hydrogen (secondary N) is 3. The third kappa shape index (κ3) is 5.48. The van der Waals surface area contributed by atoms with Crippen LogP contribution in [-0.4, -0.2) is 70.5 Å². The van der Waals surface area contributed by atoms with Gasteiger partial charge >= 0.3 is 0 Å². The molecule has 33 heavy (non-hydrogen) atoms. The SMILES string of the molecule is CC(C)C1CC(C(=O)NC23CCC(NC(=O)COC4CCC(Cl)C(F)C4)(CC2)C(O)C3)ON1. The predicted octanol–water partition coefficient (Wildman–Crippen LogP) is 1.87. The fourth-order valence-corrected chi connectivity index (χ4v) is 6.00. The lowest BCUT2D eigenvalue weighted by atomic mass is 9.59. The Hall–Kier alpha value is -1.00. The molecule has 0 aromatic rings. The van der Waals surface area contributed by atoms with Crippen molar-refractivity contribution in [2.24, 2.45) is 5.92 Å². The zero-order valence-electron chi connectivity index (χ0n) is 19.4. The van der Waals surface area contributed by atoms with E-state index in [-0.39, 0.29) is 37.0 Å².